The van der Waals surface area contributed by atoms with E-state index in [4.69, 9.17) is 19.6 Å². The molecular formula is C28H30BrN3O4. The van der Waals surface area contributed by atoms with Gasteiger partial charge < -0.3 is 14.6 Å². The zero-order chi connectivity index (χ0) is 25.5. The molecule has 36 heavy (non-hydrogen) atoms. The summed E-state index contributed by atoms with van der Waals surface area (Å²) >= 11 is 3.65. The van der Waals surface area contributed by atoms with Gasteiger partial charge in [0.05, 0.1) is 6.61 Å². The Morgan fingerprint density at radius 1 is 1.08 bits per heavy atom. The molecule has 0 bridgehead atoms. The molecule has 0 aromatic heterocycles. The maximum atomic E-state index is 13.9. The fraction of sp³-hybridized carbons (Fsp3) is 0.286. The minimum atomic E-state index is -1.25. The van der Waals surface area contributed by atoms with E-state index in [0.29, 0.717) is 31.1 Å². The highest BCUT2D eigenvalue weighted by molar-refractivity contribution is 9.10. The number of ether oxygens (including phenoxy) is 2. The van der Waals surface area contributed by atoms with Gasteiger partial charge in [0.25, 0.3) is 5.91 Å². The van der Waals surface area contributed by atoms with Crippen LogP contribution < -0.4 is 10.2 Å². The van der Waals surface area contributed by atoms with Crippen LogP contribution in [0.2, 0.25) is 0 Å². The first kappa shape index (κ1) is 25.9. The molecule has 7 nitrogen and oxygen atoms in total. The van der Waals surface area contributed by atoms with Crippen LogP contribution >= 0.6 is 15.9 Å². The van der Waals surface area contributed by atoms with Crippen LogP contribution in [-0.4, -0.2) is 54.8 Å². The van der Waals surface area contributed by atoms with Crippen molar-refractivity contribution in [2.75, 3.05) is 27.3 Å². The first-order chi connectivity index (χ1) is 17.4. The van der Waals surface area contributed by atoms with Crippen molar-refractivity contribution in [1.29, 1.82) is 0 Å². The lowest BCUT2D eigenvalue weighted by molar-refractivity contribution is -0.132. The Morgan fingerprint density at radius 3 is 2.44 bits per heavy atom. The molecule has 0 fully saturated rings. The summed E-state index contributed by atoms with van der Waals surface area (Å²) < 4.78 is 13.0. The van der Waals surface area contributed by atoms with Gasteiger partial charge in [-0.1, -0.05) is 64.5 Å². The first-order valence-electron chi connectivity index (χ1n) is 11.8. The monoisotopic (exact) mass is 551 g/mol. The van der Waals surface area contributed by atoms with E-state index >= 15 is 0 Å². The smallest absolute Gasteiger partial charge is 0.266 e. The van der Waals surface area contributed by atoms with Crippen LogP contribution in [0.1, 0.15) is 29.2 Å². The Hall–Kier alpha value is -3.20. The molecule has 0 saturated heterocycles. The van der Waals surface area contributed by atoms with Crippen molar-refractivity contribution in [2.24, 2.45) is 4.99 Å². The third-order valence-corrected chi connectivity index (χ3v) is 6.58. The number of hydrazine groups is 1. The standard InChI is InChI=1S/C28H30BrN3O4/c1-32(2)31-27(34)28(19-20-9-4-3-5-10-20)25(23-11-6-7-12-24(23)29)36-26(30-28)21-13-15-22(16-14-21)35-18-8-17-33/h3-7,9-16,25,33H,8,17-19H2,1-2H3,(H,31,34)/t25-,28-/m0/s1. The molecule has 0 spiro atoms. The van der Waals surface area contributed by atoms with Gasteiger partial charge in [-0.25, -0.2) is 10.0 Å². The number of nitrogens with one attached hydrogen (secondary N) is 1. The molecule has 3 aromatic rings. The fourth-order valence-electron chi connectivity index (χ4n) is 4.15. The van der Waals surface area contributed by atoms with Gasteiger partial charge in [-0.15, -0.1) is 0 Å². The quantitative estimate of drug-likeness (QED) is 0.290. The number of aliphatic hydroxyl groups is 1. The highest BCUT2D eigenvalue weighted by Gasteiger charge is 2.54. The minimum absolute atomic E-state index is 0.0810. The lowest BCUT2D eigenvalue weighted by Crippen LogP contribution is -2.53. The molecule has 2 atom stereocenters. The summed E-state index contributed by atoms with van der Waals surface area (Å²) in [6.07, 6.45) is 0.253. The second-order valence-corrected chi connectivity index (χ2v) is 9.66. The van der Waals surface area contributed by atoms with Crippen LogP contribution in [0.25, 0.3) is 0 Å². The molecular weight excluding hydrogens is 522 g/mol. The van der Waals surface area contributed by atoms with Crippen molar-refractivity contribution in [3.8, 4) is 5.75 Å². The number of benzene rings is 3. The summed E-state index contributed by atoms with van der Waals surface area (Å²) in [5.74, 6) is 0.826. The number of nitrogens with zero attached hydrogens (tertiary/aromatic N) is 2. The van der Waals surface area contributed by atoms with Crippen molar-refractivity contribution in [2.45, 2.75) is 24.5 Å². The number of carbonyl (C=O) groups excluding carboxylic acids is 1. The Kier molecular flexibility index (Phi) is 8.40. The van der Waals surface area contributed by atoms with Crippen molar-refractivity contribution in [1.82, 2.24) is 10.4 Å². The van der Waals surface area contributed by atoms with E-state index in [1.165, 1.54) is 0 Å². The Morgan fingerprint density at radius 2 is 1.78 bits per heavy atom. The van der Waals surface area contributed by atoms with Crippen LogP contribution in [0, 0.1) is 0 Å². The number of aliphatic imine (C=N–C) groups is 1. The molecule has 8 heteroatoms. The highest BCUT2D eigenvalue weighted by Crippen LogP contribution is 2.44. The molecule has 1 heterocycles. The number of rotatable bonds is 10. The Bertz CT molecular complexity index is 1200. The molecule has 3 aromatic carbocycles. The normalized spacial score (nSPS) is 19.0. The van der Waals surface area contributed by atoms with Gasteiger partial charge in [-0.2, -0.15) is 0 Å². The van der Waals surface area contributed by atoms with Crippen LogP contribution in [-0.2, 0) is 16.0 Å². The number of hydrogen-bond donors (Lipinski definition) is 2. The topological polar surface area (TPSA) is 83.4 Å². The molecule has 1 aliphatic heterocycles. The third-order valence-electron chi connectivity index (χ3n) is 5.86. The maximum absolute atomic E-state index is 13.9. The molecule has 0 radical (unpaired) electrons. The van der Waals surface area contributed by atoms with Gasteiger partial charge >= 0.3 is 0 Å². The van der Waals surface area contributed by atoms with Crippen LogP contribution in [0.4, 0.5) is 0 Å². The molecule has 2 N–H and O–H groups in total. The summed E-state index contributed by atoms with van der Waals surface area (Å²) in [7, 11) is 3.55. The van der Waals surface area contributed by atoms with E-state index in [9.17, 15) is 4.79 Å². The van der Waals surface area contributed by atoms with E-state index in [2.05, 4.69) is 21.4 Å². The molecule has 0 unspecified atom stereocenters. The average molecular weight is 552 g/mol. The molecule has 188 valence electrons. The molecule has 0 saturated carbocycles. The second kappa shape index (κ2) is 11.7. The highest BCUT2D eigenvalue weighted by atomic mass is 79.9. The number of hydrogen-bond acceptors (Lipinski definition) is 6. The van der Waals surface area contributed by atoms with E-state index in [0.717, 1.165) is 21.2 Å². The summed E-state index contributed by atoms with van der Waals surface area (Å²) in [6.45, 7) is 0.514. The van der Waals surface area contributed by atoms with Crippen molar-refractivity contribution in [3.63, 3.8) is 0 Å². The van der Waals surface area contributed by atoms with Gasteiger partial charge in [0.15, 0.2) is 11.6 Å². The van der Waals surface area contributed by atoms with Gasteiger partial charge in [-0.05, 0) is 35.9 Å². The van der Waals surface area contributed by atoms with Crippen LogP contribution in [0.3, 0.4) is 0 Å². The molecule has 1 amide bonds. The summed E-state index contributed by atoms with van der Waals surface area (Å²) in [5.41, 5.74) is 4.24. The zero-order valence-electron chi connectivity index (χ0n) is 20.4. The molecule has 4 rings (SSSR count). The molecule has 1 aliphatic rings. The zero-order valence-corrected chi connectivity index (χ0v) is 21.9. The van der Waals surface area contributed by atoms with E-state index in [1.54, 1.807) is 19.1 Å². The third kappa shape index (κ3) is 5.78. The van der Waals surface area contributed by atoms with Crippen molar-refractivity contribution in [3.05, 3.63) is 100 Å². The maximum Gasteiger partial charge on any atom is 0.266 e. The predicted octanol–water partition coefficient (Wildman–Crippen LogP) is 4.30. The summed E-state index contributed by atoms with van der Waals surface area (Å²) in [4.78, 5) is 18.9. The Balaban J connectivity index is 1.78. The van der Waals surface area contributed by atoms with E-state index < -0.39 is 11.6 Å². The van der Waals surface area contributed by atoms with E-state index in [-0.39, 0.29) is 12.5 Å². The number of halogens is 1. The van der Waals surface area contributed by atoms with Crippen molar-refractivity contribution < 1.29 is 19.4 Å². The van der Waals surface area contributed by atoms with Gasteiger partial charge in [0.2, 0.25) is 5.90 Å². The Labute approximate surface area is 219 Å². The number of carbonyl (C=O) groups is 1. The lowest BCUT2D eigenvalue weighted by Gasteiger charge is -2.32. The lowest BCUT2D eigenvalue weighted by atomic mass is 9.82. The van der Waals surface area contributed by atoms with Crippen LogP contribution in [0.15, 0.2) is 88.3 Å². The first-order valence-corrected chi connectivity index (χ1v) is 12.6. The van der Waals surface area contributed by atoms with Gasteiger partial charge in [0.1, 0.15) is 5.75 Å². The van der Waals surface area contributed by atoms with Crippen molar-refractivity contribution >= 4 is 27.7 Å². The number of aliphatic hydroxyl groups excluding tert-OH is 1. The second-order valence-electron chi connectivity index (χ2n) is 8.81. The van der Waals surface area contributed by atoms with Gasteiger partial charge in [-0.3, -0.25) is 10.2 Å². The number of amides is 1. The van der Waals surface area contributed by atoms with Crippen LogP contribution in [0.5, 0.6) is 5.75 Å². The van der Waals surface area contributed by atoms with E-state index in [1.807, 2.05) is 78.9 Å². The fourth-order valence-corrected chi connectivity index (χ4v) is 4.65. The predicted molar refractivity (Wildman–Crippen MR) is 143 cm³/mol. The SMILES string of the molecule is CN(C)NC(=O)[C@@]1(Cc2ccccc2)N=C(c2ccc(OCCCO)cc2)O[C@H]1c1ccccc1Br. The van der Waals surface area contributed by atoms with Gasteiger partial charge in [0, 0.05) is 49.1 Å². The average Bonchev–Trinajstić information content (AvgIpc) is 3.25. The summed E-state index contributed by atoms with van der Waals surface area (Å²) in [5, 5.41) is 10.6. The minimum Gasteiger partial charge on any atom is -0.494 e. The summed E-state index contributed by atoms with van der Waals surface area (Å²) in [6, 6.07) is 25.0. The largest absolute Gasteiger partial charge is 0.494 e. The molecule has 0 aliphatic carbocycles.